The van der Waals surface area contributed by atoms with Crippen LogP contribution in [0.25, 0.3) is 0 Å². The molecule has 2 aromatic heterocycles. The third-order valence-electron chi connectivity index (χ3n) is 3.57. The van der Waals surface area contributed by atoms with E-state index in [1.807, 2.05) is 19.1 Å². The van der Waals surface area contributed by atoms with Gasteiger partial charge in [0.05, 0.1) is 16.9 Å². The van der Waals surface area contributed by atoms with Gasteiger partial charge in [-0.3, -0.25) is 4.79 Å². The fourth-order valence-electron chi connectivity index (χ4n) is 2.26. The summed E-state index contributed by atoms with van der Waals surface area (Å²) < 4.78 is 32.1. The van der Waals surface area contributed by atoms with Crippen molar-refractivity contribution in [2.75, 3.05) is 0 Å². The first-order valence-electron chi connectivity index (χ1n) is 7.63. The first-order chi connectivity index (χ1) is 11.9. The maximum atomic E-state index is 12.2. The number of aryl methyl sites for hydroxylation is 1. The summed E-state index contributed by atoms with van der Waals surface area (Å²) in [5, 5.41) is 0. The van der Waals surface area contributed by atoms with Crippen LogP contribution in [0.2, 0.25) is 0 Å². The Kier molecular flexibility index (Phi) is 5.17. The lowest BCUT2D eigenvalue weighted by Crippen LogP contribution is -2.24. The van der Waals surface area contributed by atoms with Crippen LogP contribution >= 0.6 is 11.3 Å². The van der Waals surface area contributed by atoms with Gasteiger partial charge in [0.1, 0.15) is 0 Å². The standard InChI is InChI=1S/C18H17NO4S2/c1-13-4-6-14(7-5-13)12-25(21,22)19-11-15-8-9-17(24-15)18(20)16-3-2-10-23-16/h2-10,19H,11-12H2,1H3. The van der Waals surface area contributed by atoms with Gasteiger partial charge in [-0.05, 0) is 36.8 Å². The van der Waals surface area contributed by atoms with Crippen molar-refractivity contribution < 1.29 is 17.6 Å². The lowest BCUT2D eigenvalue weighted by Gasteiger charge is -2.06. The molecule has 1 N–H and O–H groups in total. The summed E-state index contributed by atoms with van der Waals surface area (Å²) in [6.07, 6.45) is 1.45. The smallest absolute Gasteiger partial charge is 0.238 e. The summed E-state index contributed by atoms with van der Waals surface area (Å²) in [6.45, 7) is 2.11. The molecule has 3 rings (SSSR count). The van der Waals surface area contributed by atoms with Crippen molar-refractivity contribution in [3.63, 3.8) is 0 Å². The van der Waals surface area contributed by atoms with Crippen molar-refractivity contribution in [3.8, 4) is 0 Å². The largest absolute Gasteiger partial charge is 0.461 e. The minimum absolute atomic E-state index is 0.0726. The number of furan rings is 1. The second-order valence-electron chi connectivity index (χ2n) is 5.64. The Labute approximate surface area is 150 Å². The van der Waals surface area contributed by atoms with E-state index in [4.69, 9.17) is 4.42 Å². The van der Waals surface area contributed by atoms with Crippen LogP contribution in [0.3, 0.4) is 0 Å². The molecule has 0 aliphatic heterocycles. The topological polar surface area (TPSA) is 76.4 Å². The van der Waals surface area contributed by atoms with Crippen molar-refractivity contribution in [1.29, 1.82) is 0 Å². The number of sulfonamides is 1. The molecule has 0 atom stereocenters. The molecule has 25 heavy (non-hydrogen) atoms. The molecule has 0 fully saturated rings. The van der Waals surface area contributed by atoms with Crippen LogP contribution < -0.4 is 4.72 Å². The molecule has 0 aliphatic carbocycles. The maximum absolute atomic E-state index is 12.2. The SMILES string of the molecule is Cc1ccc(CS(=O)(=O)NCc2ccc(C(=O)c3ccco3)s2)cc1. The molecule has 0 amide bonds. The number of hydrogen-bond acceptors (Lipinski definition) is 5. The van der Waals surface area contributed by atoms with E-state index in [0.29, 0.717) is 4.88 Å². The second-order valence-corrected chi connectivity index (χ2v) is 8.61. The summed E-state index contributed by atoms with van der Waals surface area (Å²) in [6, 6.07) is 14.1. The molecule has 130 valence electrons. The van der Waals surface area contributed by atoms with Gasteiger partial charge in [0.2, 0.25) is 15.8 Å². The third-order valence-corrected chi connectivity index (χ3v) is 5.96. The molecule has 0 aliphatic rings. The van der Waals surface area contributed by atoms with Crippen LogP contribution in [0.15, 0.2) is 59.2 Å². The van der Waals surface area contributed by atoms with Gasteiger partial charge in [-0.2, -0.15) is 0 Å². The first kappa shape index (κ1) is 17.6. The second kappa shape index (κ2) is 7.35. The number of hydrogen-bond donors (Lipinski definition) is 1. The molecule has 3 aromatic rings. The lowest BCUT2D eigenvalue weighted by atomic mass is 10.2. The van der Waals surface area contributed by atoms with E-state index in [2.05, 4.69) is 4.72 Å². The number of ketones is 1. The molecule has 1 aromatic carbocycles. The molecule has 0 radical (unpaired) electrons. The van der Waals surface area contributed by atoms with E-state index in [1.165, 1.54) is 17.6 Å². The molecule has 7 heteroatoms. The summed E-state index contributed by atoms with van der Waals surface area (Å²) in [5.74, 6) is -0.00581. The number of carbonyl (C=O) groups excluding carboxylic acids is 1. The monoisotopic (exact) mass is 375 g/mol. The Morgan fingerprint density at radius 3 is 2.56 bits per heavy atom. The first-order valence-corrected chi connectivity index (χ1v) is 10.1. The van der Waals surface area contributed by atoms with E-state index in [-0.39, 0.29) is 23.8 Å². The van der Waals surface area contributed by atoms with E-state index in [1.54, 1.807) is 36.4 Å². The number of thiophene rings is 1. The molecule has 0 unspecified atom stereocenters. The number of rotatable bonds is 7. The van der Waals surface area contributed by atoms with Crippen LogP contribution in [0, 0.1) is 6.92 Å². The highest BCUT2D eigenvalue weighted by molar-refractivity contribution is 7.88. The molecular weight excluding hydrogens is 358 g/mol. The highest BCUT2D eigenvalue weighted by Gasteiger charge is 2.16. The van der Waals surface area contributed by atoms with E-state index >= 15 is 0 Å². The molecule has 0 bridgehead atoms. The van der Waals surface area contributed by atoms with Gasteiger partial charge in [0.25, 0.3) is 0 Å². The van der Waals surface area contributed by atoms with Gasteiger partial charge in [0, 0.05) is 11.4 Å². The van der Waals surface area contributed by atoms with Crippen LogP contribution in [0.1, 0.15) is 31.4 Å². The van der Waals surface area contributed by atoms with Crippen LogP contribution in [0.5, 0.6) is 0 Å². The van der Waals surface area contributed by atoms with Gasteiger partial charge in [-0.15, -0.1) is 11.3 Å². The Balaban J connectivity index is 1.61. The van der Waals surface area contributed by atoms with E-state index in [9.17, 15) is 13.2 Å². The fraction of sp³-hybridized carbons (Fsp3) is 0.167. The van der Waals surface area contributed by atoms with Gasteiger partial charge in [-0.25, -0.2) is 13.1 Å². The van der Waals surface area contributed by atoms with Crippen molar-refractivity contribution >= 4 is 27.1 Å². The summed E-state index contributed by atoms with van der Waals surface area (Å²) in [7, 11) is -3.45. The van der Waals surface area contributed by atoms with Crippen LogP contribution in [-0.2, 0) is 22.3 Å². The lowest BCUT2D eigenvalue weighted by molar-refractivity contribution is 0.101. The van der Waals surface area contributed by atoms with Crippen molar-refractivity contribution in [1.82, 2.24) is 4.72 Å². The number of benzene rings is 1. The quantitative estimate of drug-likeness (QED) is 0.641. The average Bonchev–Trinajstić information content (AvgIpc) is 3.26. The Morgan fingerprint density at radius 1 is 1.12 bits per heavy atom. The van der Waals surface area contributed by atoms with Gasteiger partial charge < -0.3 is 4.42 Å². The zero-order chi connectivity index (χ0) is 17.9. The minimum atomic E-state index is -3.45. The maximum Gasteiger partial charge on any atom is 0.238 e. The predicted molar refractivity (Wildman–Crippen MR) is 97.1 cm³/mol. The molecular formula is C18H17NO4S2. The number of nitrogens with one attached hydrogen (secondary N) is 1. The molecule has 0 saturated heterocycles. The predicted octanol–water partition coefficient (Wildman–Crippen LogP) is 3.50. The molecule has 0 spiro atoms. The highest BCUT2D eigenvalue weighted by Crippen LogP contribution is 2.20. The van der Waals surface area contributed by atoms with Crippen molar-refractivity contribution in [2.24, 2.45) is 0 Å². The average molecular weight is 375 g/mol. The van der Waals surface area contributed by atoms with Crippen molar-refractivity contribution in [2.45, 2.75) is 19.2 Å². The van der Waals surface area contributed by atoms with Crippen LogP contribution in [-0.4, -0.2) is 14.2 Å². The van der Waals surface area contributed by atoms with Gasteiger partial charge in [-0.1, -0.05) is 29.8 Å². The molecule has 0 saturated carbocycles. The zero-order valence-corrected chi connectivity index (χ0v) is 15.2. The van der Waals surface area contributed by atoms with Crippen LogP contribution in [0.4, 0.5) is 0 Å². The Hall–Kier alpha value is -2.22. The van der Waals surface area contributed by atoms with Gasteiger partial charge >= 0.3 is 0 Å². The van der Waals surface area contributed by atoms with Gasteiger partial charge in [0.15, 0.2) is 5.76 Å². The van der Waals surface area contributed by atoms with E-state index in [0.717, 1.165) is 16.0 Å². The minimum Gasteiger partial charge on any atom is -0.461 e. The Bertz CT molecular complexity index is 955. The normalized spacial score (nSPS) is 11.6. The zero-order valence-electron chi connectivity index (χ0n) is 13.6. The Morgan fingerprint density at radius 2 is 1.88 bits per heavy atom. The highest BCUT2D eigenvalue weighted by atomic mass is 32.2. The fourth-order valence-corrected chi connectivity index (χ4v) is 4.35. The molecule has 2 heterocycles. The summed E-state index contributed by atoms with van der Waals surface area (Å²) in [5.41, 5.74) is 1.82. The number of carbonyl (C=O) groups is 1. The summed E-state index contributed by atoms with van der Waals surface area (Å²) in [4.78, 5) is 13.5. The third kappa shape index (κ3) is 4.66. The molecule has 5 nitrogen and oxygen atoms in total. The summed E-state index contributed by atoms with van der Waals surface area (Å²) >= 11 is 1.25. The van der Waals surface area contributed by atoms with E-state index < -0.39 is 10.0 Å². The van der Waals surface area contributed by atoms with Crippen molar-refractivity contribution in [3.05, 3.63) is 81.4 Å².